The molecule has 0 bridgehead atoms. The number of nitrogens with zero attached hydrogens (tertiary/aromatic N) is 5. The molecule has 0 radical (unpaired) electrons. The van der Waals surface area contributed by atoms with Gasteiger partial charge >= 0.3 is 0 Å². The van der Waals surface area contributed by atoms with Crippen LogP contribution < -0.4 is 5.32 Å². The van der Waals surface area contributed by atoms with Gasteiger partial charge in [0.2, 0.25) is 5.91 Å². The van der Waals surface area contributed by atoms with Gasteiger partial charge in [0.05, 0.1) is 12.2 Å². The topological polar surface area (TPSA) is 75.9 Å². The first-order chi connectivity index (χ1) is 11.5. The highest BCUT2D eigenvalue weighted by atomic mass is 16.2. The summed E-state index contributed by atoms with van der Waals surface area (Å²) in [6, 6.07) is 3.86. The number of carbonyl (C=O) groups is 1. The molecule has 128 valence electrons. The first-order valence-electron chi connectivity index (χ1n) is 8.33. The second-order valence-corrected chi connectivity index (χ2v) is 6.45. The Bertz CT molecular complexity index is 726. The Kier molecular flexibility index (Phi) is 4.89. The second kappa shape index (κ2) is 7.09. The van der Waals surface area contributed by atoms with E-state index in [1.807, 2.05) is 39.2 Å². The molecule has 1 saturated heterocycles. The number of aromatic nitrogens is 4. The molecule has 0 aromatic carbocycles. The van der Waals surface area contributed by atoms with E-state index in [9.17, 15) is 4.79 Å². The summed E-state index contributed by atoms with van der Waals surface area (Å²) in [5.74, 6) is 1.90. The fraction of sp³-hybridized carbons (Fsp3) is 0.529. The summed E-state index contributed by atoms with van der Waals surface area (Å²) in [6.45, 7) is 6.01. The van der Waals surface area contributed by atoms with Crippen molar-refractivity contribution in [3.05, 3.63) is 35.5 Å². The SMILES string of the molecule is Cc1cc(NC(=O)CN2CCC[C@@H](c3ccnc(C)n3)C2)n(C)n1. The van der Waals surface area contributed by atoms with Gasteiger partial charge < -0.3 is 5.32 Å². The lowest BCUT2D eigenvalue weighted by Crippen LogP contribution is -2.40. The number of nitrogens with one attached hydrogen (secondary N) is 1. The van der Waals surface area contributed by atoms with Crippen molar-refractivity contribution in [1.29, 1.82) is 0 Å². The zero-order chi connectivity index (χ0) is 17.1. The van der Waals surface area contributed by atoms with E-state index in [0.29, 0.717) is 12.5 Å². The molecule has 1 N–H and O–H groups in total. The van der Waals surface area contributed by atoms with Crippen LogP contribution in [-0.2, 0) is 11.8 Å². The molecule has 24 heavy (non-hydrogen) atoms. The third kappa shape index (κ3) is 3.97. The van der Waals surface area contributed by atoms with Gasteiger partial charge in [0.1, 0.15) is 11.6 Å². The maximum Gasteiger partial charge on any atom is 0.239 e. The molecule has 3 rings (SSSR count). The number of rotatable bonds is 4. The van der Waals surface area contributed by atoms with E-state index >= 15 is 0 Å². The Labute approximate surface area is 142 Å². The van der Waals surface area contributed by atoms with Gasteiger partial charge in [-0.15, -0.1) is 0 Å². The summed E-state index contributed by atoms with van der Waals surface area (Å²) in [5.41, 5.74) is 1.97. The molecule has 0 aliphatic carbocycles. The van der Waals surface area contributed by atoms with E-state index in [1.54, 1.807) is 4.68 Å². The van der Waals surface area contributed by atoms with Crippen LogP contribution >= 0.6 is 0 Å². The van der Waals surface area contributed by atoms with E-state index in [0.717, 1.165) is 49.0 Å². The molecule has 1 atom stereocenters. The molecule has 1 aliphatic rings. The lowest BCUT2D eigenvalue weighted by molar-refractivity contribution is -0.117. The molecule has 2 aromatic heterocycles. The number of carbonyl (C=O) groups excluding carboxylic acids is 1. The summed E-state index contributed by atoms with van der Waals surface area (Å²) in [4.78, 5) is 23.2. The van der Waals surface area contributed by atoms with Crippen LogP contribution in [0.5, 0.6) is 0 Å². The molecular weight excluding hydrogens is 304 g/mol. The maximum absolute atomic E-state index is 12.3. The lowest BCUT2D eigenvalue weighted by Gasteiger charge is -2.31. The summed E-state index contributed by atoms with van der Waals surface area (Å²) in [5, 5.41) is 7.18. The van der Waals surface area contributed by atoms with Crippen LogP contribution in [0.25, 0.3) is 0 Å². The minimum absolute atomic E-state index is 0.00230. The maximum atomic E-state index is 12.3. The van der Waals surface area contributed by atoms with Gasteiger partial charge in [-0.25, -0.2) is 9.97 Å². The molecule has 1 fully saturated rings. The fourth-order valence-corrected chi connectivity index (χ4v) is 3.26. The molecule has 0 unspecified atom stereocenters. The Hall–Kier alpha value is -2.28. The summed E-state index contributed by atoms with van der Waals surface area (Å²) >= 11 is 0. The van der Waals surface area contributed by atoms with Gasteiger partial charge in [-0.2, -0.15) is 5.10 Å². The van der Waals surface area contributed by atoms with E-state index in [2.05, 4.69) is 25.3 Å². The molecule has 0 saturated carbocycles. The van der Waals surface area contributed by atoms with Crippen molar-refractivity contribution < 1.29 is 4.79 Å². The van der Waals surface area contributed by atoms with Gasteiger partial charge in [-0.1, -0.05) is 0 Å². The monoisotopic (exact) mass is 328 g/mol. The van der Waals surface area contributed by atoms with Crippen molar-refractivity contribution in [2.45, 2.75) is 32.6 Å². The predicted octanol–water partition coefficient (Wildman–Crippen LogP) is 1.65. The average molecular weight is 328 g/mol. The molecule has 0 spiro atoms. The Balaban J connectivity index is 1.59. The first kappa shape index (κ1) is 16.6. The lowest BCUT2D eigenvalue weighted by atomic mass is 9.94. The number of aryl methyl sites for hydroxylation is 3. The summed E-state index contributed by atoms with van der Waals surface area (Å²) in [7, 11) is 1.83. The molecule has 7 nitrogen and oxygen atoms in total. The average Bonchev–Trinajstić information content (AvgIpc) is 2.85. The Morgan fingerprint density at radius 1 is 1.42 bits per heavy atom. The van der Waals surface area contributed by atoms with Crippen molar-refractivity contribution >= 4 is 11.7 Å². The molecular formula is C17H24N6O. The second-order valence-electron chi connectivity index (χ2n) is 6.45. The number of hydrogen-bond acceptors (Lipinski definition) is 5. The molecule has 1 aliphatic heterocycles. The van der Waals surface area contributed by atoms with Gasteiger partial charge in [0.15, 0.2) is 0 Å². The van der Waals surface area contributed by atoms with Crippen LogP contribution in [0.15, 0.2) is 18.3 Å². The van der Waals surface area contributed by atoms with Crippen molar-refractivity contribution in [2.24, 2.45) is 7.05 Å². The third-order valence-corrected chi connectivity index (χ3v) is 4.36. The van der Waals surface area contributed by atoms with Crippen LogP contribution in [0.1, 0.15) is 36.0 Å². The Morgan fingerprint density at radius 2 is 2.25 bits per heavy atom. The van der Waals surface area contributed by atoms with Gasteiger partial charge in [-0.3, -0.25) is 14.4 Å². The number of anilines is 1. The van der Waals surface area contributed by atoms with Gasteiger partial charge in [0, 0.05) is 37.5 Å². The van der Waals surface area contributed by atoms with E-state index in [-0.39, 0.29) is 5.91 Å². The first-order valence-corrected chi connectivity index (χ1v) is 8.33. The number of likely N-dealkylation sites (tertiary alicyclic amines) is 1. The van der Waals surface area contributed by atoms with Crippen LogP contribution in [0.3, 0.4) is 0 Å². The zero-order valence-corrected chi connectivity index (χ0v) is 14.5. The highest BCUT2D eigenvalue weighted by Crippen LogP contribution is 2.25. The summed E-state index contributed by atoms with van der Waals surface area (Å²) < 4.78 is 1.69. The minimum atomic E-state index is -0.00230. The van der Waals surface area contributed by atoms with Crippen molar-refractivity contribution in [3.8, 4) is 0 Å². The molecule has 2 aromatic rings. The normalized spacial score (nSPS) is 18.5. The van der Waals surface area contributed by atoms with E-state index in [4.69, 9.17) is 0 Å². The number of amides is 1. The third-order valence-electron chi connectivity index (χ3n) is 4.36. The van der Waals surface area contributed by atoms with Crippen molar-refractivity contribution in [2.75, 3.05) is 25.0 Å². The Morgan fingerprint density at radius 3 is 2.96 bits per heavy atom. The van der Waals surface area contributed by atoms with Gasteiger partial charge in [-0.05, 0) is 39.3 Å². The smallest absolute Gasteiger partial charge is 0.239 e. The van der Waals surface area contributed by atoms with Crippen molar-refractivity contribution in [1.82, 2.24) is 24.6 Å². The standard InChI is InChI=1S/C17H24N6O/c1-12-9-16(22(3)21-12)20-17(24)11-23-8-4-5-14(10-23)15-6-7-18-13(2)19-15/h6-7,9,14H,4-5,8,10-11H2,1-3H3,(H,20,24)/t14-/m1/s1. The highest BCUT2D eigenvalue weighted by molar-refractivity contribution is 5.91. The van der Waals surface area contributed by atoms with Crippen molar-refractivity contribution in [3.63, 3.8) is 0 Å². The summed E-state index contributed by atoms with van der Waals surface area (Å²) in [6.07, 6.45) is 4.00. The van der Waals surface area contributed by atoms with Gasteiger partial charge in [0.25, 0.3) is 0 Å². The molecule has 3 heterocycles. The number of hydrogen-bond donors (Lipinski definition) is 1. The quantitative estimate of drug-likeness (QED) is 0.923. The molecule has 7 heteroatoms. The molecule has 1 amide bonds. The van der Waals surface area contributed by atoms with E-state index in [1.165, 1.54) is 0 Å². The van der Waals surface area contributed by atoms with Crippen LogP contribution in [0.4, 0.5) is 5.82 Å². The zero-order valence-electron chi connectivity index (χ0n) is 14.5. The highest BCUT2D eigenvalue weighted by Gasteiger charge is 2.24. The largest absolute Gasteiger partial charge is 0.310 e. The van der Waals surface area contributed by atoms with Crippen LogP contribution in [0, 0.1) is 13.8 Å². The van der Waals surface area contributed by atoms with Crippen LogP contribution in [0.2, 0.25) is 0 Å². The minimum Gasteiger partial charge on any atom is -0.310 e. The fourth-order valence-electron chi connectivity index (χ4n) is 3.26. The number of piperidine rings is 1. The predicted molar refractivity (Wildman–Crippen MR) is 91.8 cm³/mol. The van der Waals surface area contributed by atoms with E-state index < -0.39 is 0 Å². The van der Waals surface area contributed by atoms with Crippen LogP contribution in [-0.4, -0.2) is 50.2 Å².